The van der Waals surface area contributed by atoms with Crippen molar-refractivity contribution < 1.29 is 32.8 Å². The average molecular weight is 447 g/mol. The monoisotopic (exact) mass is 447 g/mol. The van der Waals surface area contributed by atoms with Crippen molar-refractivity contribution in [2.45, 2.75) is 32.6 Å². The Kier molecular flexibility index (Phi) is 9.81. The van der Waals surface area contributed by atoms with Crippen molar-refractivity contribution in [1.82, 2.24) is 5.32 Å². The SMILES string of the molecule is C=CCNC(=O)OP(=O)(OOc1cccc2ccccc12)OC(=O)/C=C/CCCCC. The lowest BCUT2D eigenvalue weighted by Gasteiger charge is -2.16. The van der Waals surface area contributed by atoms with Gasteiger partial charge < -0.3 is 19.3 Å². The number of phosphoric acid groups is 1. The highest BCUT2D eigenvalue weighted by atomic mass is 31.2. The summed E-state index contributed by atoms with van der Waals surface area (Å²) in [7, 11) is -4.75. The number of hydrogen-bond donors (Lipinski definition) is 1. The summed E-state index contributed by atoms with van der Waals surface area (Å²) >= 11 is 0. The van der Waals surface area contributed by atoms with Gasteiger partial charge in [-0.25, -0.2) is 14.2 Å². The van der Waals surface area contributed by atoms with E-state index in [1.807, 2.05) is 18.2 Å². The lowest BCUT2D eigenvalue weighted by atomic mass is 10.1. The van der Waals surface area contributed by atoms with Crippen molar-refractivity contribution in [3.05, 3.63) is 67.3 Å². The van der Waals surface area contributed by atoms with Crippen LogP contribution in [0.3, 0.4) is 0 Å². The van der Waals surface area contributed by atoms with Crippen molar-refractivity contribution in [2.24, 2.45) is 0 Å². The zero-order valence-corrected chi connectivity index (χ0v) is 18.2. The maximum Gasteiger partial charge on any atom is 0.631 e. The molecule has 2 aromatic carbocycles. The van der Waals surface area contributed by atoms with E-state index in [2.05, 4.69) is 18.8 Å². The van der Waals surface area contributed by atoms with E-state index in [0.717, 1.165) is 30.7 Å². The quantitative estimate of drug-likeness (QED) is 0.109. The molecule has 0 spiro atoms. The fraction of sp³-hybridized carbons (Fsp3) is 0.273. The van der Waals surface area contributed by atoms with Crippen molar-refractivity contribution in [1.29, 1.82) is 0 Å². The van der Waals surface area contributed by atoms with Crippen molar-refractivity contribution >= 4 is 30.7 Å². The first-order valence-electron chi connectivity index (χ1n) is 9.90. The molecule has 2 rings (SSSR count). The van der Waals surface area contributed by atoms with Crippen LogP contribution in [0, 0.1) is 0 Å². The van der Waals surface area contributed by atoms with E-state index >= 15 is 0 Å². The molecule has 2 aromatic rings. The number of unbranched alkanes of at least 4 members (excludes halogenated alkanes) is 3. The summed E-state index contributed by atoms with van der Waals surface area (Å²) in [6.07, 6.45) is 6.59. The van der Waals surface area contributed by atoms with Gasteiger partial charge in [-0.1, -0.05) is 73.0 Å². The summed E-state index contributed by atoms with van der Waals surface area (Å²) in [6.45, 7) is 5.56. The Balaban J connectivity index is 2.11. The molecule has 1 unspecified atom stereocenters. The van der Waals surface area contributed by atoms with Gasteiger partial charge in [0.25, 0.3) is 0 Å². The van der Waals surface area contributed by atoms with Gasteiger partial charge in [0.2, 0.25) is 0 Å². The number of fused-ring (bicyclic) bond motifs is 1. The first-order chi connectivity index (χ1) is 15.0. The van der Waals surface area contributed by atoms with Crippen LogP contribution < -0.4 is 10.2 Å². The molecule has 0 saturated carbocycles. The standard InChI is InChI=1S/C22H26NO7P/c1-3-5-6-7-8-16-21(24)28-31(26,29-22(25)23-17-4-2)30-27-20-15-11-13-18-12-9-10-14-19(18)20/h4,8-16H,2-3,5-7,17H2,1H3,(H,23,25)/b16-8+. The maximum absolute atomic E-state index is 12.9. The first kappa shape index (κ1) is 24.2. The van der Waals surface area contributed by atoms with E-state index in [1.165, 1.54) is 6.08 Å². The smallest absolute Gasteiger partial charge is 0.356 e. The third-order valence-corrected chi connectivity index (χ3v) is 5.03. The second-order valence-electron chi connectivity index (χ2n) is 6.44. The molecule has 166 valence electrons. The molecule has 0 saturated heterocycles. The Hall–Kier alpha value is -3.09. The summed E-state index contributed by atoms with van der Waals surface area (Å²) in [4.78, 5) is 29.1. The van der Waals surface area contributed by atoms with Crippen LogP contribution in [0.4, 0.5) is 4.79 Å². The predicted octanol–water partition coefficient (Wildman–Crippen LogP) is 5.85. The lowest BCUT2D eigenvalue weighted by molar-refractivity contribution is -0.145. The van der Waals surface area contributed by atoms with Crippen LogP contribution in [-0.4, -0.2) is 18.6 Å². The first-order valence-corrected chi connectivity index (χ1v) is 11.4. The largest absolute Gasteiger partial charge is 0.631 e. The number of benzene rings is 2. The van der Waals surface area contributed by atoms with Gasteiger partial charge in [-0.2, -0.15) is 0 Å². The Morgan fingerprint density at radius 1 is 1.10 bits per heavy atom. The normalized spacial score (nSPS) is 12.8. The molecule has 1 N–H and O–H groups in total. The number of allylic oxidation sites excluding steroid dienone is 1. The van der Waals surface area contributed by atoms with E-state index < -0.39 is 19.9 Å². The highest BCUT2D eigenvalue weighted by Crippen LogP contribution is 2.50. The maximum atomic E-state index is 12.9. The number of carbonyl (C=O) groups excluding carboxylic acids is 2. The van der Waals surface area contributed by atoms with E-state index in [0.29, 0.717) is 11.8 Å². The van der Waals surface area contributed by atoms with Crippen molar-refractivity contribution in [3.8, 4) is 5.75 Å². The van der Waals surface area contributed by atoms with Gasteiger partial charge in [0.05, 0.1) is 0 Å². The summed E-state index contributed by atoms with van der Waals surface area (Å²) in [5, 5.41) is 3.76. The number of nitrogens with one attached hydrogen (secondary N) is 1. The number of rotatable bonds is 12. The van der Waals surface area contributed by atoms with Crippen LogP contribution in [0.1, 0.15) is 32.6 Å². The molecule has 0 aliphatic heterocycles. The fourth-order valence-corrected chi connectivity index (χ4v) is 3.34. The second-order valence-corrected chi connectivity index (χ2v) is 7.85. The number of hydrogen-bond acceptors (Lipinski definition) is 7. The minimum Gasteiger partial charge on any atom is -0.356 e. The minimum atomic E-state index is -4.75. The van der Waals surface area contributed by atoms with E-state index in [4.69, 9.17) is 18.6 Å². The number of carbonyl (C=O) groups is 2. The van der Waals surface area contributed by atoms with Crippen molar-refractivity contribution in [3.63, 3.8) is 0 Å². The average Bonchev–Trinajstić information content (AvgIpc) is 2.76. The Bertz CT molecular complexity index is 968. The molecule has 0 aliphatic carbocycles. The highest BCUT2D eigenvalue weighted by molar-refractivity contribution is 7.49. The summed E-state index contributed by atoms with van der Waals surface area (Å²) < 4.78 is 27.3. The Morgan fingerprint density at radius 3 is 2.65 bits per heavy atom. The molecule has 0 fully saturated rings. The molecule has 0 bridgehead atoms. The fourth-order valence-electron chi connectivity index (χ4n) is 2.52. The molecule has 0 radical (unpaired) electrons. The molecule has 1 amide bonds. The zero-order valence-electron chi connectivity index (χ0n) is 17.3. The Labute approximate surface area is 181 Å². The molecule has 8 nitrogen and oxygen atoms in total. The molecule has 0 heterocycles. The third kappa shape index (κ3) is 8.28. The zero-order chi connectivity index (χ0) is 22.5. The summed E-state index contributed by atoms with van der Waals surface area (Å²) in [6, 6.07) is 12.4. The Morgan fingerprint density at radius 2 is 1.87 bits per heavy atom. The van der Waals surface area contributed by atoms with Gasteiger partial charge in [0.1, 0.15) is 0 Å². The van der Waals surface area contributed by atoms with E-state index in [9.17, 15) is 14.2 Å². The van der Waals surface area contributed by atoms with Crippen LogP contribution in [-0.2, 0) is 23.1 Å². The molecule has 0 aliphatic rings. The van der Waals surface area contributed by atoms with Crippen LogP contribution in [0.5, 0.6) is 5.75 Å². The molecule has 0 aromatic heterocycles. The predicted molar refractivity (Wildman–Crippen MR) is 117 cm³/mol. The van der Waals surface area contributed by atoms with Gasteiger partial charge in [-0.3, -0.25) is 0 Å². The second kappa shape index (κ2) is 12.6. The summed E-state index contributed by atoms with van der Waals surface area (Å²) in [5.41, 5.74) is 0. The number of amides is 1. The van der Waals surface area contributed by atoms with Gasteiger partial charge in [-0.15, -0.1) is 6.58 Å². The summed E-state index contributed by atoms with van der Waals surface area (Å²) in [5.74, 6) is -0.780. The van der Waals surface area contributed by atoms with Crippen LogP contribution in [0.25, 0.3) is 10.8 Å². The molecular formula is C22H26NO7P. The van der Waals surface area contributed by atoms with Crippen LogP contribution in [0.2, 0.25) is 0 Å². The molecule has 31 heavy (non-hydrogen) atoms. The van der Waals surface area contributed by atoms with E-state index in [1.54, 1.807) is 30.3 Å². The molecule has 1 atom stereocenters. The van der Waals surface area contributed by atoms with Crippen LogP contribution in [0.15, 0.2) is 67.3 Å². The van der Waals surface area contributed by atoms with Gasteiger partial charge in [0.15, 0.2) is 5.75 Å². The highest BCUT2D eigenvalue weighted by Gasteiger charge is 2.38. The van der Waals surface area contributed by atoms with Gasteiger partial charge in [0, 0.05) is 18.0 Å². The minimum absolute atomic E-state index is 0.0499. The third-order valence-electron chi connectivity index (χ3n) is 3.98. The van der Waals surface area contributed by atoms with Crippen molar-refractivity contribution in [2.75, 3.05) is 6.54 Å². The number of phosphoric ester groups is 1. The lowest BCUT2D eigenvalue weighted by Crippen LogP contribution is -2.24. The van der Waals surface area contributed by atoms with E-state index in [-0.39, 0.29) is 12.3 Å². The van der Waals surface area contributed by atoms with Gasteiger partial charge >= 0.3 is 19.9 Å². The topological polar surface area (TPSA) is 100 Å². The van der Waals surface area contributed by atoms with Gasteiger partial charge in [-0.05, 0) is 24.3 Å². The van der Waals surface area contributed by atoms with Crippen LogP contribution >= 0.6 is 7.82 Å². The molecule has 9 heteroatoms. The molecular weight excluding hydrogens is 421 g/mol.